The van der Waals surface area contributed by atoms with Crippen molar-refractivity contribution in [3.63, 3.8) is 0 Å². The predicted octanol–water partition coefficient (Wildman–Crippen LogP) is -0.943. The van der Waals surface area contributed by atoms with Crippen LogP contribution in [0.5, 0.6) is 0 Å². The number of hydrogen-bond acceptors (Lipinski definition) is 4. The van der Waals surface area contributed by atoms with E-state index in [9.17, 15) is 9.59 Å². The Kier molecular flexibility index (Phi) is 6.31. The van der Waals surface area contributed by atoms with E-state index in [4.69, 9.17) is 11.5 Å². The molecule has 0 aromatic rings. The van der Waals surface area contributed by atoms with Gasteiger partial charge in [-0.1, -0.05) is 0 Å². The van der Waals surface area contributed by atoms with Gasteiger partial charge >= 0.3 is 0 Å². The second-order valence-corrected chi connectivity index (χ2v) is 4.02. The minimum atomic E-state index is -0.619. The first-order valence-electron chi connectivity index (χ1n) is 4.33. The lowest BCUT2D eigenvalue weighted by atomic mass is 10.2. The van der Waals surface area contributed by atoms with E-state index in [2.05, 4.69) is 5.32 Å². The van der Waals surface area contributed by atoms with Gasteiger partial charge in [0, 0.05) is 0 Å². The summed E-state index contributed by atoms with van der Waals surface area (Å²) in [5.41, 5.74) is 10.5. The number of carbonyl (C=O) groups excluding carboxylic acids is 2. The van der Waals surface area contributed by atoms with E-state index in [1.54, 1.807) is 18.7 Å². The van der Waals surface area contributed by atoms with E-state index in [1.807, 2.05) is 6.26 Å². The Morgan fingerprint density at radius 2 is 2.07 bits per heavy atom. The van der Waals surface area contributed by atoms with E-state index in [-0.39, 0.29) is 5.91 Å². The average Bonchev–Trinajstić information content (AvgIpc) is 2.10. The normalized spacial score (nSPS) is 14.5. The molecule has 6 heteroatoms. The minimum absolute atomic E-state index is 0.352. The Labute approximate surface area is 88.0 Å². The van der Waals surface area contributed by atoms with Crippen molar-refractivity contribution in [2.45, 2.75) is 25.4 Å². The number of amides is 2. The van der Waals surface area contributed by atoms with Crippen LogP contribution in [0.15, 0.2) is 0 Å². The van der Waals surface area contributed by atoms with Crippen LogP contribution in [0.25, 0.3) is 0 Å². The first-order chi connectivity index (χ1) is 6.49. The van der Waals surface area contributed by atoms with Gasteiger partial charge in [0.15, 0.2) is 0 Å². The fourth-order valence-corrected chi connectivity index (χ4v) is 1.30. The highest BCUT2D eigenvalue weighted by molar-refractivity contribution is 7.98. The Balaban J connectivity index is 4.09. The third kappa shape index (κ3) is 5.08. The number of rotatable bonds is 6. The molecule has 82 valence electrons. The summed E-state index contributed by atoms with van der Waals surface area (Å²) in [5, 5.41) is 2.50. The summed E-state index contributed by atoms with van der Waals surface area (Å²) in [6.45, 7) is 1.56. The Morgan fingerprint density at radius 1 is 1.50 bits per heavy atom. The highest BCUT2D eigenvalue weighted by atomic mass is 32.2. The molecule has 0 heterocycles. The average molecular weight is 219 g/mol. The number of nitrogens with one attached hydrogen (secondary N) is 1. The largest absolute Gasteiger partial charge is 0.368 e. The van der Waals surface area contributed by atoms with E-state index >= 15 is 0 Å². The Hall–Kier alpha value is -0.750. The van der Waals surface area contributed by atoms with Gasteiger partial charge in [0.25, 0.3) is 0 Å². The number of thioether (sulfide) groups is 1. The van der Waals surface area contributed by atoms with Crippen molar-refractivity contribution < 1.29 is 9.59 Å². The summed E-state index contributed by atoms with van der Waals surface area (Å²) in [7, 11) is 0. The van der Waals surface area contributed by atoms with Crippen LogP contribution in [-0.4, -0.2) is 35.9 Å². The van der Waals surface area contributed by atoms with Crippen molar-refractivity contribution in [1.29, 1.82) is 0 Å². The Bertz CT molecular complexity index is 209. The predicted molar refractivity (Wildman–Crippen MR) is 57.8 cm³/mol. The maximum atomic E-state index is 11.2. The summed E-state index contributed by atoms with van der Waals surface area (Å²) < 4.78 is 0. The molecule has 0 rings (SSSR count). The Morgan fingerprint density at radius 3 is 2.43 bits per heavy atom. The molecule has 0 aromatic carbocycles. The van der Waals surface area contributed by atoms with E-state index in [0.717, 1.165) is 5.75 Å². The van der Waals surface area contributed by atoms with Crippen LogP contribution >= 0.6 is 11.8 Å². The molecule has 0 bridgehead atoms. The first-order valence-corrected chi connectivity index (χ1v) is 5.72. The van der Waals surface area contributed by atoms with Crippen LogP contribution in [-0.2, 0) is 9.59 Å². The summed E-state index contributed by atoms with van der Waals surface area (Å²) >= 11 is 1.59. The second-order valence-electron chi connectivity index (χ2n) is 3.03. The quantitative estimate of drug-likeness (QED) is 0.537. The van der Waals surface area contributed by atoms with E-state index in [0.29, 0.717) is 6.42 Å². The molecule has 2 amide bonds. The van der Waals surface area contributed by atoms with Gasteiger partial charge in [0.05, 0.1) is 6.04 Å². The van der Waals surface area contributed by atoms with Gasteiger partial charge in [-0.25, -0.2) is 0 Å². The molecule has 5 N–H and O–H groups in total. The molecule has 5 nitrogen and oxygen atoms in total. The van der Waals surface area contributed by atoms with E-state index in [1.165, 1.54) is 0 Å². The van der Waals surface area contributed by atoms with Crippen LogP contribution in [0.4, 0.5) is 0 Å². The van der Waals surface area contributed by atoms with Gasteiger partial charge in [0.1, 0.15) is 6.04 Å². The molecule has 2 unspecified atom stereocenters. The monoisotopic (exact) mass is 219 g/mol. The fraction of sp³-hybridized carbons (Fsp3) is 0.750. The molecule has 0 aliphatic rings. The molecule has 0 saturated carbocycles. The topological polar surface area (TPSA) is 98.2 Å². The summed E-state index contributed by atoms with van der Waals surface area (Å²) in [6, 6.07) is -1.23. The van der Waals surface area contributed by atoms with Crippen molar-refractivity contribution in [2.75, 3.05) is 12.0 Å². The minimum Gasteiger partial charge on any atom is -0.368 e. The number of primary amides is 1. The van der Waals surface area contributed by atoms with Crippen LogP contribution in [0.2, 0.25) is 0 Å². The van der Waals surface area contributed by atoms with Crippen LogP contribution in [0.1, 0.15) is 13.3 Å². The van der Waals surface area contributed by atoms with Gasteiger partial charge in [-0.2, -0.15) is 11.8 Å². The molecule has 0 aromatic heterocycles. The molecule has 0 radical (unpaired) electrons. The number of nitrogens with two attached hydrogens (primary N) is 2. The van der Waals surface area contributed by atoms with Gasteiger partial charge in [-0.15, -0.1) is 0 Å². The summed E-state index contributed by atoms with van der Waals surface area (Å²) in [6.07, 6.45) is 2.46. The van der Waals surface area contributed by atoms with E-state index < -0.39 is 18.0 Å². The summed E-state index contributed by atoms with van der Waals surface area (Å²) in [5.74, 6) is -0.102. The highest BCUT2D eigenvalue weighted by Gasteiger charge is 2.18. The zero-order valence-electron chi connectivity index (χ0n) is 8.45. The lowest BCUT2D eigenvalue weighted by molar-refractivity contribution is -0.127. The lowest BCUT2D eigenvalue weighted by Gasteiger charge is -2.16. The van der Waals surface area contributed by atoms with Gasteiger partial charge < -0.3 is 16.8 Å². The zero-order valence-corrected chi connectivity index (χ0v) is 9.26. The van der Waals surface area contributed by atoms with Gasteiger partial charge in [0.2, 0.25) is 11.8 Å². The maximum Gasteiger partial charge on any atom is 0.240 e. The standard InChI is InChI=1S/C8H17N3O2S/c1-5(9)8(13)11-6(7(10)12)3-4-14-2/h5-6H,3-4,9H2,1-2H3,(H2,10,12)(H,11,13). The molecule has 14 heavy (non-hydrogen) atoms. The number of hydrogen-bond donors (Lipinski definition) is 3. The molecule has 0 aliphatic carbocycles. The molecule has 2 atom stereocenters. The maximum absolute atomic E-state index is 11.2. The zero-order chi connectivity index (χ0) is 11.1. The summed E-state index contributed by atoms with van der Waals surface area (Å²) in [4.78, 5) is 22.1. The fourth-order valence-electron chi connectivity index (χ4n) is 0.824. The third-order valence-electron chi connectivity index (χ3n) is 1.68. The molecular formula is C8H17N3O2S. The van der Waals surface area contributed by atoms with Crippen LogP contribution in [0.3, 0.4) is 0 Å². The van der Waals surface area contributed by atoms with Crippen molar-refractivity contribution in [3.05, 3.63) is 0 Å². The molecule has 0 aliphatic heterocycles. The van der Waals surface area contributed by atoms with Gasteiger partial charge in [-0.3, -0.25) is 9.59 Å². The molecule has 0 saturated heterocycles. The molecular weight excluding hydrogens is 202 g/mol. The first kappa shape index (κ1) is 13.2. The molecule has 0 spiro atoms. The second kappa shape index (κ2) is 6.67. The van der Waals surface area contributed by atoms with Crippen LogP contribution in [0, 0.1) is 0 Å². The molecule has 0 fully saturated rings. The number of carbonyl (C=O) groups is 2. The highest BCUT2D eigenvalue weighted by Crippen LogP contribution is 2.00. The third-order valence-corrected chi connectivity index (χ3v) is 2.33. The van der Waals surface area contributed by atoms with Gasteiger partial charge in [-0.05, 0) is 25.4 Å². The smallest absolute Gasteiger partial charge is 0.240 e. The van der Waals surface area contributed by atoms with Crippen molar-refractivity contribution in [1.82, 2.24) is 5.32 Å². The lowest BCUT2D eigenvalue weighted by Crippen LogP contribution is -2.49. The van der Waals surface area contributed by atoms with Crippen molar-refractivity contribution in [3.8, 4) is 0 Å². The van der Waals surface area contributed by atoms with Crippen LogP contribution < -0.4 is 16.8 Å². The van der Waals surface area contributed by atoms with Crippen molar-refractivity contribution in [2.24, 2.45) is 11.5 Å². The van der Waals surface area contributed by atoms with Crippen molar-refractivity contribution >= 4 is 23.6 Å². The SMILES string of the molecule is CSCCC(NC(=O)C(C)N)C(N)=O.